The lowest BCUT2D eigenvalue weighted by atomic mass is 9.96. The third kappa shape index (κ3) is 2.88. The maximum absolute atomic E-state index is 12.0. The quantitative estimate of drug-likeness (QED) is 0.785. The van der Waals surface area contributed by atoms with E-state index in [4.69, 9.17) is 9.98 Å². The van der Waals surface area contributed by atoms with Gasteiger partial charge in [0.15, 0.2) is 11.6 Å². The van der Waals surface area contributed by atoms with E-state index in [0.717, 1.165) is 28.1 Å². The minimum absolute atomic E-state index is 0.0758. The Kier molecular flexibility index (Phi) is 4.05. The van der Waals surface area contributed by atoms with E-state index in [9.17, 15) is 4.79 Å². The molecule has 0 aromatic heterocycles. The molecule has 4 rings (SSSR count). The Balaban J connectivity index is 1.90. The molecule has 2 aromatic rings. The number of allylic oxidation sites excluding steroid dienone is 5. The van der Waals surface area contributed by atoms with Crippen LogP contribution in [-0.2, 0) is 4.79 Å². The van der Waals surface area contributed by atoms with Crippen molar-refractivity contribution in [3.63, 3.8) is 0 Å². The van der Waals surface area contributed by atoms with Crippen LogP contribution in [0.25, 0.3) is 0 Å². The lowest BCUT2D eigenvalue weighted by Gasteiger charge is -2.09. The van der Waals surface area contributed by atoms with Crippen LogP contribution in [0.3, 0.4) is 0 Å². The van der Waals surface area contributed by atoms with Crippen LogP contribution in [0.4, 0.5) is 0 Å². The summed E-state index contributed by atoms with van der Waals surface area (Å²) in [4.78, 5) is 21.7. The summed E-state index contributed by atoms with van der Waals surface area (Å²) in [5.41, 5.74) is 6.07. The molecule has 1 aliphatic heterocycles. The molecule has 0 saturated heterocycles. The van der Waals surface area contributed by atoms with E-state index in [-0.39, 0.29) is 5.78 Å². The first-order chi connectivity index (χ1) is 12.6. The fraction of sp³-hybridized carbons (Fsp3) is 0.0870. The van der Waals surface area contributed by atoms with Crippen molar-refractivity contribution < 1.29 is 4.79 Å². The fourth-order valence-electron chi connectivity index (χ4n) is 3.15. The number of Topliss-reactive ketones (excluding diaryl/α,β-unsaturated/α-hetero) is 1. The summed E-state index contributed by atoms with van der Waals surface area (Å²) in [6, 6.07) is 20.1. The highest BCUT2D eigenvalue weighted by molar-refractivity contribution is 6.55. The second kappa shape index (κ2) is 6.52. The first kappa shape index (κ1) is 16.2. The Labute approximate surface area is 152 Å². The van der Waals surface area contributed by atoms with Gasteiger partial charge in [-0.05, 0) is 37.1 Å². The van der Waals surface area contributed by atoms with Gasteiger partial charge in [0.05, 0.1) is 11.4 Å². The molecule has 0 spiro atoms. The van der Waals surface area contributed by atoms with Gasteiger partial charge in [0.1, 0.15) is 0 Å². The summed E-state index contributed by atoms with van der Waals surface area (Å²) in [6.07, 6.45) is 3.74. The number of carbonyl (C=O) groups excluding carboxylic acids is 1. The van der Waals surface area contributed by atoms with E-state index in [2.05, 4.69) is 0 Å². The van der Waals surface area contributed by atoms with E-state index in [1.54, 1.807) is 0 Å². The van der Waals surface area contributed by atoms with Crippen LogP contribution in [0.2, 0.25) is 0 Å². The number of hydrogen-bond donors (Lipinski definition) is 0. The Morgan fingerprint density at radius 3 is 1.50 bits per heavy atom. The molecular weight excluding hydrogens is 320 g/mol. The molecule has 126 valence electrons. The van der Waals surface area contributed by atoms with Crippen LogP contribution < -0.4 is 0 Å². The average molecular weight is 338 g/mol. The highest BCUT2D eigenvalue weighted by Crippen LogP contribution is 2.27. The van der Waals surface area contributed by atoms with Crippen LogP contribution in [0.5, 0.6) is 0 Å². The summed E-state index contributed by atoms with van der Waals surface area (Å²) in [5.74, 6) is 0.723. The number of carbonyl (C=O) groups is 1. The Morgan fingerprint density at radius 1 is 0.654 bits per heavy atom. The van der Waals surface area contributed by atoms with Crippen molar-refractivity contribution >= 4 is 17.2 Å². The third-order valence-corrected chi connectivity index (χ3v) is 4.47. The zero-order chi connectivity index (χ0) is 18.1. The second-order valence-corrected chi connectivity index (χ2v) is 6.42. The van der Waals surface area contributed by atoms with Gasteiger partial charge in [0.2, 0.25) is 0 Å². The Bertz CT molecular complexity index is 955. The van der Waals surface area contributed by atoms with Gasteiger partial charge in [-0.3, -0.25) is 4.79 Å². The summed E-state index contributed by atoms with van der Waals surface area (Å²) in [7, 11) is 0. The van der Waals surface area contributed by atoms with Crippen molar-refractivity contribution in [2.75, 3.05) is 0 Å². The minimum Gasteiger partial charge on any atom is -0.289 e. The van der Waals surface area contributed by atoms with Gasteiger partial charge in [-0.2, -0.15) is 0 Å². The molecule has 2 aromatic carbocycles. The van der Waals surface area contributed by atoms with Gasteiger partial charge in [-0.25, -0.2) is 9.98 Å². The summed E-state index contributed by atoms with van der Waals surface area (Å²) >= 11 is 0. The van der Waals surface area contributed by atoms with E-state index in [1.807, 2.05) is 86.7 Å². The zero-order valence-electron chi connectivity index (χ0n) is 14.7. The van der Waals surface area contributed by atoms with Gasteiger partial charge < -0.3 is 0 Å². The highest BCUT2D eigenvalue weighted by atomic mass is 16.1. The summed E-state index contributed by atoms with van der Waals surface area (Å²) < 4.78 is 0. The molecule has 3 heteroatoms. The van der Waals surface area contributed by atoms with E-state index >= 15 is 0 Å². The molecule has 1 aliphatic carbocycles. The molecule has 0 fully saturated rings. The van der Waals surface area contributed by atoms with Crippen LogP contribution >= 0.6 is 0 Å². The fourth-order valence-corrected chi connectivity index (χ4v) is 3.15. The maximum atomic E-state index is 12.0. The first-order valence-corrected chi connectivity index (χ1v) is 8.57. The molecule has 0 amide bonds. The molecule has 0 unspecified atom stereocenters. The third-order valence-electron chi connectivity index (χ3n) is 4.47. The van der Waals surface area contributed by atoms with Crippen molar-refractivity contribution in [3.8, 4) is 0 Å². The SMILES string of the molecule is CC1=CC(=C2N=C(c3ccccc3)C(c3ccccc3)=N2)C=C(C)C1=O. The number of nitrogens with zero attached hydrogens (tertiary/aromatic N) is 2. The lowest BCUT2D eigenvalue weighted by molar-refractivity contribution is -0.112. The molecule has 3 nitrogen and oxygen atoms in total. The van der Waals surface area contributed by atoms with Gasteiger partial charge in [0.25, 0.3) is 0 Å². The van der Waals surface area contributed by atoms with Gasteiger partial charge in [0, 0.05) is 16.7 Å². The standard InChI is InChI=1S/C23H18N2O/c1-15-13-19(14-16(2)22(15)26)23-24-20(17-9-5-3-6-10-17)21(25-23)18-11-7-4-8-12-18/h3-14H,1-2H3. The number of aliphatic imine (C=N–C) groups is 2. The molecule has 0 radical (unpaired) electrons. The largest absolute Gasteiger partial charge is 0.289 e. The van der Waals surface area contributed by atoms with Crippen LogP contribution in [0, 0.1) is 0 Å². The molecule has 2 aliphatic rings. The van der Waals surface area contributed by atoms with Crippen molar-refractivity contribution in [1.82, 2.24) is 0 Å². The number of rotatable bonds is 2. The predicted octanol–water partition coefficient (Wildman–Crippen LogP) is 4.67. The van der Waals surface area contributed by atoms with Gasteiger partial charge in [-0.15, -0.1) is 0 Å². The highest BCUT2D eigenvalue weighted by Gasteiger charge is 2.23. The number of ketones is 1. The van der Waals surface area contributed by atoms with Crippen molar-refractivity contribution in [2.45, 2.75) is 13.8 Å². The van der Waals surface area contributed by atoms with E-state index in [0.29, 0.717) is 17.0 Å². The van der Waals surface area contributed by atoms with Crippen molar-refractivity contribution in [1.29, 1.82) is 0 Å². The van der Waals surface area contributed by atoms with E-state index < -0.39 is 0 Å². The molecule has 0 bridgehead atoms. The minimum atomic E-state index is 0.0758. The van der Waals surface area contributed by atoms with Crippen LogP contribution in [0.1, 0.15) is 25.0 Å². The molecule has 0 saturated carbocycles. The van der Waals surface area contributed by atoms with Crippen molar-refractivity contribution in [3.05, 3.63) is 106 Å². The Morgan fingerprint density at radius 2 is 1.08 bits per heavy atom. The topological polar surface area (TPSA) is 41.8 Å². The second-order valence-electron chi connectivity index (χ2n) is 6.42. The van der Waals surface area contributed by atoms with Crippen LogP contribution in [-0.4, -0.2) is 17.2 Å². The molecule has 26 heavy (non-hydrogen) atoms. The van der Waals surface area contributed by atoms with E-state index in [1.165, 1.54) is 0 Å². The van der Waals surface area contributed by atoms with Gasteiger partial charge in [-0.1, -0.05) is 60.7 Å². The Hall–Kier alpha value is -3.33. The first-order valence-electron chi connectivity index (χ1n) is 8.57. The van der Waals surface area contributed by atoms with Crippen LogP contribution in [0.15, 0.2) is 105 Å². The number of hydrogen-bond acceptors (Lipinski definition) is 3. The molecule has 0 N–H and O–H groups in total. The van der Waals surface area contributed by atoms with Gasteiger partial charge >= 0.3 is 0 Å². The monoisotopic (exact) mass is 338 g/mol. The molecule has 1 heterocycles. The predicted molar refractivity (Wildman–Crippen MR) is 106 cm³/mol. The van der Waals surface area contributed by atoms with Crippen molar-refractivity contribution in [2.24, 2.45) is 9.98 Å². The average Bonchev–Trinajstić information content (AvgIpc) is 3.12. The maximum Gasteiger partial charge on any atom is 0.184 e. The normalized spacial score (nSPS) is 16.9. The smallest absolute Gasteiger partial charge is 0.184 e. The summed E-state index contributed by atoms with van der Waals surface area (Å²) in [5, 5.41) is 0. The number of benzene rings is 2. The lowest BCUT2D eigenvalue weighted by Crippen LogP contribution is -2.13. The zero-order valence-corrected chi connectivity index (χ0v) is 14.7. The molecular formula is C23H18N2O. The molecule has 0 atom stereocenters. The summed E-state index contributed by atoms with van der Waals surface area (Å²) in [6.45, 7) is 3.66.